The van der Waals surface area contributed by atoms with Gasteiger partial charge < -0.3 is 0 Å². The summed E-state index contributed by atoms with van der Waals surface area (Å²) < 4.78 is 21.3. The van der Waals surface area contributed by atoms with Crippen molar-refractivity contribution >= 4 is 19.7 Å². The molecule has 0 aromatic carbocycles. The fraction of sp³-hybridized carbons (Fsp3) is 0.714. The van der Waals surface area contributed by atoms with Crippen LogP contribution in [0.3, 0.4) is 0 Å². The zero-order chi connectivity index (χ0) is 8.70. The van der Waals surface area contributed by atoms with Crippen molar-refractivity contribution in [2.75, 3.05) is 0 Å². The van der Waals surface area contributed by atoms with Gasteiger partial charge >= 0.3 is 0 Å². The minimum absolute atomic E-state index is 0.513. The molecule has 0 unspecified atom stereocenters. The Labute approximate surface area is 71.7 Å². The second kappa shape index (κ2) is 2.49. The van der Waals surface area contributed by atoms with Crippen LogP contribution in [0.5, 0.6) is 0 Å². The van der Waals surface area contributed by atoms with E-state index in [0.29, 0.717) is 19.3 Å². The molecule has 11 heavy (non-hydrogen) atoms. The van der Waals surface area contributed by atoms with Crippen molar-refractivity contribution in [3.63, 3.8) is 0 Å². The quantitative estimate of drug-likeness (QED) is 0.509. The molecule has 64 valence electrons. The molecule has 0 aromatic rings. The van der Waals surface area contributed by atoms with Crippen molar-refractivity contribution in [2.24, 2.45) is 0 Å². The highest BCUT2D eigenvalue weighted by molar-refractivity contribution is 8.15. The van der Waals surface area contributed by atoms with Gasteiger partial charge in [-0.1, -0.05) is 5.57 Å². The van der Waals surface area contributed by atoms with Gasteiger partial charge in [0, 0.05) is 10.7 Å². The van der Waals surface area contributed by atoms with Crippen molar-refractivity contribution in [1.82, 2.24) is 0 Å². The normalized spacial score (nSPS) is 21.3. The van der Waals surface area contributed by atoms with E-state index in [-0.39, 0.29) is 0 Å². The Bertz CT molecular complexity index is 275. The second-order valence-electron chi connectivity index (χ2n) is 3.25. The minimum Gasteiger partial charge on any atom is -0.212 e. The molecule has 1 rings (SSSR count). The van der Waals surface area contributed by atoms with Gasteiger partial charge in [0.05, 0.1) is 4.75 Å². The fourth-order valence-corrected chi connectivity index (χ4v) is 2.83. The molecule has 1 fully saturated rings. The molecule has 0 radical (unpaired) electrons. The highest BCUT2D eigenvalue weighted by Gasteiger charge is 2.53. The van der Waals surface area contributed by atoms with Gasteiger partial charge in [0.25, 0.3) is 0 Å². The van der Waals surface area contributed by atoms with Crippen LogP contribution < -0.4 is 0 Å². The van der Waals surface area contributed by atoms with Crippen LogP contribution in [0.2, 0.25) is 0 Å². The molecule has 0 N–H and O–H groups in total. The molecule has 0 saturated heterocycles. The van der Waals surface area contributed by atoms with Gasteiger partial charge in [0.2, 0.25) is 9.05 Å². The lowest BCUT2D eigenvalue weighted by Crippen LogP contribution is -2.17. The third-order valence-corrected chi connectivity index (χ3v) is 4.52. The van der Waals surface area contributed by atoms with E-state index in [2.05, 4.69) is 6.58 Å². The Morgan fingerprint density at radius 3 is 2.18 bits per heavy atom. The highest BCUT2D eigenvalue weighted by Crippen LogP contribution is 2.49. The molecule has 1 saturated carbocycles. The third kappa shape index (κ3) is 1.76. The minimum atomic E-state index is -3.37. The molecule has 0 aliphatic heterocycles. The molecule has 0 spiro atoms. The van der Waals surface area contributed by atoms with Gasteiger partial charge in [0.1, 0.15) is 0 Å². The van der Waals surface area contributed by atoms with Crippen LogP contribution in [0.15, 0.2) is 12.2 Å². The first-order valence-corrected chi connectivity index (χ1v) is 5.77. The first-order chi connectivity index (χ1) is 4.87. The van der Waals surface area contributed by atoms with E-state index >= 15 is 0 Å². The van der Waals surface area contributed by atoms with Crippen LogP contribution in [0.4, 0.5) is 0 Å². The summed E-state index contributed by atoms with van der Waals surface area (Å²) in [5.74, 6) is 0. The maximum absolute atomic E-state index is 11.0. The molecule has 0 atom stereocenters. The smallest absolute Gasteiger partial charge is 0.212 e. The molecule has 0 bridgehead atoms. The Hall–Kier alpha value is -0.0200. The molecular formula is C7H11ClO2S. The summed E-state index contributed by atoms with van der Waals surface area (Å²) >= 11 is 0. The number of rotatable bonds is 3. The summed E-state index contributed by atoms with van der Waals surface area (Å²) in [6.07, 6.45) is 1.89. The Morgan fingerprint density at radius 2 is 2.09 bits per heavy atom. The first kappa shape index (κ1) is 9.07. The average molecular weight is 195 g/mol. The van der Waals surface area contributed by atoms with Gasteiger partial charge in [-0.05, 0) is 26.2 Å². The highest BCUT2D eigenvalue weighted by atomic mass is 35.7. The number of halogens is 1. The predicted molar refractivity (Wildman–Crippen MR) is 46.2 cm³/mol. The van der Waals surface area contributed by atoms with Crippen LogP contribution in [0.1, 0.15) is 26.2 Å². The molecule has 0 heterocycles. The average Bonchev–Trinajstić information content (AvgIpc) is 2.42. The van der Waals surface area contributed by atoms with Gasteiger partial charge in [-0.15, -0.1) is 6.58 Å². The summed E-state index contributed by atoms with van der Waals surface area (Å²) in [7, 11) is 1.89. The first-order valence-electron chi connectivity index (χ1n) is 3.46. The van der Waals surface area contributed by atoms with Gasteiger partial charge in [-0.2, -0.15) is 0 Å². The topological polar surface area (TPSA) is 34.1 Å². The molecule has 1 aliphatic rings. The van der Waals surface area contributed by atoms with Crippen molar-refractivity contribution in [3.8, 4) is 0 Å². The Morgan fingerprint density at radius 1 is 1.64 bits per heavy atom. The molecule has 1 aliphatic carbocycles. The van der Waals surface area contributed by atoms with E-state index in [9.17, 15) is 8.42 Å². The Balaban J connectivity index is 2.78. The van der Waals surface area contributed by atoms with E-state index in [4.69, 9.17) is 10.7 Å². The second-order valence-corrected chi connectivity index (χ2v) is 6.22. The van der Waals surface area contributed by atoms with Crippen LogP contribution >= 0.6 is 10.7 Å². The van der Waals surface area contributed by atoms with Gasteiger partial charge in [-0.25, -0.2) is 8.42 Å². The third-order valence-electron chi connectivity index (χ3n) is 1.95. The zero-order valence-electron chi connectivity index (χ0n) is 6.43. The lowest BCUT2D eigenvalue weighted by atomic mass is 10.2. The SMILES string of the molecule is C=C(C)CC1(S(=O)(=O)Cl)CC1. The van der Waals surface area contributed by atoms with E-state index in [1.54, 1.807) is 0 Å². The lowest BCUT2D eigenvalue weighted by Gasteiger charge is -2.09. The van der Waals surface area contributed by atoms with Crippen LogP contribution in [-0.2, 0) is 9.05 Å². The van der Waals surface area contributed by atoms with E-state index in [1.165, 1.54) is 0 Å². The van der Waals surface area contributed by atoms with Crippen LogP contribution in [0, 0.1) is 0 Å². The van der Waals surface area contributed by atoms with E-state index in [1.807, 2.05) is 6.92 Å². The number of hydrogen-bond donors (Lipinski definition) is 0. The summed E-state index contributed by atoms with van der Waals surface area (Å²) in [4.78, 5) is 0. The van der Waals surface area contributed by atoms with Crippen LogP contribution in [-0.4, -0.2) is 13.2 Å². The molecule has 0 aromatic heterocycles. The van der Waals surface area contributed by atoms with Gasteiger partial charge in [0.15, 0.2) is 0 Å². The maximum Gasteiger partial charge on any atom is 0.238 e. The zero-order valence-corrected chi connectivity index (χ0v) is 8.00. The molecular weight excluding hydrogens is 184 g/mol. The molecule has 2 nitrogen and oxygen atoms in total. The summed E-state index contributed by atoms with van der Waals surface area (Å²) in [5.41, 5.74) is 0.881. The molecule has 0 amide bonds. The summed E-state index contributed by atoms with van der Waals surface area (Å²) in [5, 5.41) is 0. The van der Waals surface area contributed by atoms with Crippen molar-refractivity contribution in [3.05, 3.63) is 12.2 Å². The van der Waals surface area contributed by atoms with Crippen molar-refractivity contribution in [1.29, 1.82) is 0 Å². The van der Waals surface area contributed by atoms with Gasteiger partial charge in [-0.3, -0.25) is 0 Å². The number of hydrogen-bond acceptors (Lipinski definition) is 2. The van der Waals surface area contributed by atoms with E-state index < -0.39 is 13.8 Å². The largest absolute Gasteiger partial charge is 0.238 e. The summed E-state index contributed by atoms with van der Waals surface area (Å²) in [6, 6.07) is 0. The predicted octanol–water partition coefficient (Wildman–Crippen LogP) is 2.05. The van der Waals surface area contributed by atoms with Crippen molar-refractivity contribution in [2.45, 2.75) is 30.9 Å². The molecule has 4 heteroatoms. The summed E-state index contributed by atoms with van der Waals surface area (Å²) in [6.45, 7) is 5.49. The van der Waals surface area contributed by atoms with Crippen LogP contribution in [0.25, 0.3) is 0 Å². The Kier molecular flexibility index (Phi) is 2.05. The van der Waals surface area contributed by atoms with E-state index in [0.717, 1.165) is 5.57 Å². The number of allylic oxidation sites excluding steroid dienone is 1. The lowest BCUT2D eigenvalue weighted by molar-refractivity contribution is 0.589. The standard InChI is InChI=1S/C7H11ClO2S/c1-6(2)5-7(3-4-7)11(8,9)10/h1,3-5H2,2H3. The maximum atomic E-state index is 11.0. The van der Waals surface area contributed by atoms with Crippen molar-refractivity contribution < 1.29 is 8.42 Å². The monoisotopic (exact) mass is 194 g/mol. The fourth-order valence-electron chi connectivity index (χ4n) is 1.20.